The van der Waals surface area contributed by atoms with Crippen LogP contribution in [0, 0.1) is 0 Å². The molecule has 186 valence electrons. The van der Waals surface area contributed by atoms with Crippen molar-refractivity contribution < 1.29 is 45.1 Å². The lowest BCUT2D eigenvalue weighted by molar-refractivity contribution is -0.143. The maximum Gasteiger partial charge on any atom is 0.416 e. The van der Waals surface area contributed by atoms with Gasteiger partial charge in [0.05, 0.1) is 28.5 Å². The average molecular weight is 508 g/mol. The third-order valence-corrected chi connectivity index (χ3v) is 4.92. The van der Waals surface area contributed by atoms with E-state index in [4.69, 9.17) is 9.15 Å². The molecule has 6 nitrogen and oxygen atoms in total. The number of nitrogens with one attached hydrogen (secondary N) is 1. The molecule has 0 spiro atoms. The fraction of sp³-hybridized carbons (Fsp3) is 0.125. The quantitative estimate of drug-likeness (QED) is 0.252. The molecule has 0 aliphatic heterocycles. The molecule has 0 saturated heterocycles. The van der Waals surface area contributed by atoms with E-state index in [9.17, 15) is 35.9 Å². The first-order chi connectivity index (χ1) is 16.9. The zero-order chi connectivity index (χ0) is 26.1. The number of fused-ring (bicyclic) bond motifs is 1. The number of esters is 1. The molecular formula is C24H14F6N2O4. The minimum Gasteiger partial charge on any atom is -0.463 e. The second-order valence-electron chi connectivity index (χ2n) is 7.47. The lowest BCUT2D eigenvalue weighted by atomic mass is 10.1. The normalized spacial score (nSPS) is 11.9. The number of carbonyl (C=O) groups is 2. The number of pyridine rings is 1. The van der Waals surface area contributed by atoms with E-state index in [2.05, 4.69) is 4.98 Å². The van der Waals surface area contributed by atoms with Crippen molar-refractivity contribution in [1.29, 1.82) is 0 Å². The number of benzene rings is 2. The Morgan fingerprint density at radius 3 is 2.17 bits per heavy atom. The molecule has 0 aliphatic carbocycles. The smallest absolute Gasteiger partial charge is 0.416 e. The first kappa shape index (κ1) is 24.8. The Hall–Kier alpha value is -4.35. The number of ether oxygens (including phenoxy) is 1. The molecule has 0 radical (unpaired) electrons. The van der Waals surface area contributed by atoms with E-state index in [-0.39, 0.29) is 11.6 Å². The number of nitrogens with zero attached hydrogens (tertiary/aromatic N) is 1. The van der Waals surface area contributed by atoms with Gasteiger partial charge in [0, 0.05) is 11.1 Å². The summed E-state index contributed by atoms with van der Waals surface area (Å²) < 4.78 is 88.4. The van der Waals surface area contributed by atoms with E-state index < -0.39 is 47.7 Å². The summed E-state index contributed by atoms with van der Waals surface area (Å²) in [6.07, 6.45) is -8.75. The third-order valence-electron chi connectivity index (χ3n) is 4.92. The molecule has 2 aromatic heterocycles. The zero-order valence-corrected chi connectivity index (χ0v) is 17.9. The number of hydrogen-bond acceptors (Lipinski definition) is 5. The highest BCUT2D eigenvalue weighted by Gasteiger charge is 2.37. The Labute approximate surface area is 198 Å². The van der Waals surface area contributed by atoms with E-state index >= 15 is 0 Å². The van der Waals surface area contributed by atoms with Crippen LogP contribution in [-0.4, -0.2) is 23.5 Å². The van der Waals surface area contributed by atoms with Crippen LogP contribution in [0.4, 0.5) is 32.0 Å². The van der Waals surface area contributed by atoms with Gasteiger partial charge in [-0.1, -0.05) is 18.2 Å². The molecule has 0 aliphatic rings. The summed E-state index contributed by atoms with van der Waals surface area (Å²) in [5.41, 5.74) is -3.20. The maximum absolute atomic E-state index is 13.0. The maximum atomic E-state index is 13.0. The van der Waals surface area contributed by atoms with Crippen LogP contribution < -0.4 is 5.32 Å². The van der Waals surface area contributed by atoms with Gasteiger partial charge in [-0.3, -0.25) is 4.79 Å². The lowest BCUT2D eigenvalue weighted by Crippen LogP contribution is -2.22. The van der Waals surface area contributed by atoms with E-state index in [1.54, 1.807) is 36.4 Å². The van der Waals surface area contributed by atoms with Gasteiger partial charge in [0.25, 0.3) is 5.91 Å². The minimum absolute atomic E-state index is 0.0261. The van der Waals surface area contributed by atoms with Gasteiger partial charge in [-0.05, 0) is 42.5 Å². The Balaban J connectivity index is 1.54. The molecular weight excluding hydrogens is 494 g/mol. The van der Waals surface area contributed by atoms with Crippen molar-refractivity contribution in [1.82, 2.24) is 4.98 Å². The Morgan fingerprint density at radius 2 is 1.56 bits per heavy atom. The Kier molecular flexibility index (Phi) is 6.44. The fourth-order valence-corrected chi connectivity index (χ4v) is 3.33. The summed E-state index contributed by atoms with van der Waals surface area (Å²) in [6, 6.07) is 11.8. The second kappa shape index (κ2) is 9.36. The highest BCUT2D eigenvalue weighted by atomic mass is 19.4. The van der Waals surface area contributed by atoms with Crippen LogP contribution in [0.1, 0.15) is 21.5 Å². The summed E-state index contributed by atoms with van der Waals surface area (Å²) in [5.74, 6) is -1.74. The molecule has 4 rings (SSSR count). The minimum atomic E-state index is -5.08. The number of halogens is 6. The van der Waals surface area contributed by atoms with Crippen molar-refractivity contribution in [2.24, 2.45) is 0 Å². The SMILES string of the molecule is O=C(COC(=O)c1cc(-c2ccco2)nc2ccccc12)Nc1cc(C(F)(F)F)cc(C(F)(F)F)c1. The van der Waals surface area contributed by atoms with E-state index in [1.165, 1.54) is 12.3 Å². The number of amides is 1. The van der Waals surface area contributed by atoms with Gasteiger partial charge in [0.1, 0.15) is 5.69 Å². The van der Waals surface area contributed by atoms with E-state index in [0.29, 0.717) is 34.5 Å². The monoisotopic (exact) mass is 508 g/mol. The van der Waals surface area contributed by atoms with Crippen LogP contribution >= 0.6 is 0 Å². The standard InChI is InChI=1S/C24H14F6N2O4/c25-23(26,27)13-8-14(24(28,29)30)10-15(9-13)31-21(33)12-36-22(34)17-11-19(20-6-3-7-35-20)32-18-5-2-1-4-16(17)18/h1-11H,12H2,(H,31,33). The van der Waals surface area contributed by atoms with Gasteiger partial charge >= 0.3 is 18.3 Å². The molecule has 0 atom stereocenters. The predicted octanol–water partition coefficient (Wildman–Crippen LogP) is 6.33. The highest BCUT2D eigenvalue weighted by molar-refractivity contribution is 6.05. The Morgan fingerprint density at radius 1 is 0.889 bits per heavy atom. The topological polar surface area (TPSA) is 81.4 Å². The highest BCUT2D eigenvalue weighted by Crippen LogP contribution is 2.37. The molecule has 36 heavy (non-hydrogen) atoms. The van der Waals surface area contributed by atoms with Crippen molar-refractivity contribution in [2.45, 2.75) is 12.4 Å². The number of aromatic nitrogens is 1. The molecule has 2 aromatic carbocycles. The van der Waals surface area contributed by atoms with Crippen LogP contribution in [0.15, 0.2) is 71.3 Å². The third kappa shape index (κ3) is 5.48. The average Bonchev–Trinajstić information content (AvgIpc) is 3.35. The van der Waals surface area contributed by atoms with Crippen molar-refractivity contribution in [2.75, 3.05) is 11.9 Å². The molecule has 2 heterocycles. The van der Waals surface area contributed by atoms with Gasteiger partial charge in [-0.25, -0.2) is 9.78 Å². The fourth-order valence-electron chi connectivity index (χ4n) is 3.33. The molecule has 0 fully saturated rings. The number of alkyl halides is 6. The second-order valence-corrected chi connectivity index (χ2v) is 7.47. The number of anilines is 1. The number of furan rings is 1. The van der Waals surface area contributed by atoms with Gasteiger partial charge in [0.2, 0.25) is 0 Å². The number of carbonyl (C=O) groups excluding carboxylic acids is 2. The van der Waals surface area contributed by atoms with Crippen molar-refractivity contribution in [3.8, 4) is 11.5 Å². The van der Waals surface area contributed by atoms with Gasteiger partial charge < -0.3 is 14.5 Å². The van der Waals surface area contributed by atoms with E-state index in [1.807, 2.05) is 5.32 Å². The molecule has 4 aromatic rings. The molecule has 12 heteroatoms. The Bertz CT molecular complexity index is 1400. The summed E-state index contributed by atoms with van der Waals surface area (Å²) in [6.45, 7) is -0.969. The number of rotatable bonds is 5. The van der Waals surface area contributed by atoms with Crippen molar-refractivity contribution in [3.63, 3.8) is 0 Å². The predicted molar refractivity (Wildman–Crippen MR) is 115 cm³/mol. The summed E-state index contributed by atoms with van der Waals surface area (Å²) in [5, 5.41) is 2.30. The number of para-hydroxylation sites is 1. The van der Waals surface area contributed by atoms with Crippen LogP contribution in [0.2, 0.25) is 0 Å². The van der Waals surface area contributed by atoms with Crippen LogP contribution in [0.3, 0.4) is 0 Å². The largest absolute Gasteiger partial charge is 0.463 e. The molecule has 1 amide bonds. The zero-order valence-electron chi connectivity index (χ0n) is 17.9. The summed E-state index contributed by atoms with van der Waals surface area (Å²) in [4.78, 5) is 29.4. The molecule has 0 unspecified atom stereocenters. The van der Waals surface area contributed by atoms with Crippen LogP contribution in [0.5, 0.6) is 0 Å². The number of hydrogen-bond donors (Lipinski definition) is 1. The molecule has 1 N–H and O–H groups in total. The first-order valence-corrected chi connectivity index (χ1v) is 10.1. The van der Waals surface area contributed by atoms with Crippen molar-refractivity contribution >= 4 is 28.5 Å². The molecule has 0 saturated carbocycles. The molecule has 0 bridgehead atoms. The van der Waals surface area contributed by atoms with Crippen molar-refractivity contribution in [3.05, 3.63) is 83.6 Å². The summed E-state index contributed by atoms with van der Waals surface area (Å²) >= 11 is 0. The van der Waals surface area contributed by atoms with Crippen LogP contribution in [-0.2, 0) is 21.9 Å². The van der Waals surface area contributed by atoms with Gasteiger partial charge in [0.15, 0.2) is 12.4 Å². The van der Waals surface area contributed by atoms with Gasteiger partial charge in [-0.15, -0.1) is 0 Å². The summed E-state index contributed by atoms with van der Waals surface area (Å²) in [7, 11) is 0. The van der Waals surface area contributed by atoms with Gasteiger partial charge in [-0.2, -0.15) is 26.3 Å². The van der Waals surface area contributed by atoms with E-state index in [0.717, 1.165) is 0 Å². The van der Waals surface area contributed by atoms with Crippen LogP contribution in [0.25, 0.3) is 22.4 Å². The lowest BCUT2D eigenvalue weighted by Gasteiger charge is -2.15. The first-order valence-electron chi connectivity index (χ1n) is 10.1.